The lowest BCUT2D eigenvalue weighted by Crippen LogP contribution is -2.54. The van der Waals surface area contributed by atoms with E-state index in [1.165, 1.54) is 23.4 Å². The van der Waals surface area contributed by atoms with Gasteiger partial charge in [0.25, 0.3) is 11.8 Å². The molecule has 0 saturated carbocycles. The minimum atomic E-state index is -0.488. The number of methoxy groups -OCH3 is 1. The molecule has 2 aromatic rings. The highest BCUT2D eigenvalue weighted by atomic mass is 32.1. The number of benzene rings is 2. The number of carbonyl (C=O) groups excluding carboxylic acids is 2. The average Bonchev–Trinajstić information content (AvgIpc) is 3.27. The van der Waals surface area contributed by atoms with Gasteiger partial charge in [-0.1, -0.05) is 6.07 Å². The zero-order chi connectivity index (χ0) is 21.3. The first-order valence-corrected chi connectivity index (χ1v) is 10.3. The summed E-state index contributed by atoms with van der Waals surface area (Å²) in [6.45, 7) is 4.12. The van der Waals surface area contributed by atoms with Crippen molar-refractivity contribution in [3.05, 3.63) is 59.2 Å². The van der Waals surface area contributed by atoms with Gasteiger partial charge >= 0.3 is 0 Å². The number of ether oxygens (including phenoxy) is 1. The van der Waals surface area contributed by atoms with Crippen LogP contribution < -0.4 is 19.9 Å². The van der Waals surface area contributed by atoms with Gasteiger partial charge in [-0.25, -0.2) is 0 Å². The number of nitrogens with one attached hydrogen (secondary N) is 1. The Bertz CT molecular complexity index is 1040. The summed E-state index contributed by atoms with van der Waals surface area (Å²) in [5.41, 5.74) is 3.64. The number of hydrogen-bond acceptors (Lipinski definition) is 5. The van der Waals surface area contributed by atoms with Crippen LogP contribution in [-0.4, -0.2) is 37.1 Å². The van der Waals surface area contributed by atoms with Gasteiger partial charge in [0.1, 0.15) is 11.3 Å². The molecule has 2 fully saturated rings. The van der Waals surface area contributed by atoms with Crippen molar-refractivity contribution >= 4 is 46.6 Å². The summed E-state index contributed by atoms with van der Waals surface area (Å²) in [7, 11) is 1.57. The fraction of sp³-hybridized carbons (Fsp3) is 0.261. The van der Waals surface area contributed by atoms with E-state index < -0.39 is 11.8 Å². The second-order valence-electron chi connectivity index (χ2n) is 7.39. The van der Waals surface area contributed by atoms with Gasteiger partial charge in [-0.05, 0) is 85.6 Å². The van der Waals surface area contributed by atoms with Crippen molar-refractivity contribution in [1.82, 2.24) is 5.32 Å². The fourth-order valence-corrected chi connectivity index (χ4v) is 4.05. The Kier molecular flexibility index (Phi) is 5.55. The number of thiocarbonyl (C=S) groups is 1. The monoisotopic (exact) mass is 421 g/mol. The Balaban J connectivity index is 1.65. The highest BCUT2D eigenvalue weighted by Gasteiger charge is 2.34. The Labute approximate surface area is 181 Å². The minimum Gasteiger partial charge on any atom is -0.497 e. The summed E-state index contributed by atoms with van der Waals surface area (Å²) in [6, 6.07) is 13.1. The third-order valence-corrected chi connectivity index (χ3v) is 5.74. The Hall–Kier alpha value is -3.19. The van der Waals surface area contributed by atoms with Crippen LogP contribution in [0.25, 0.3) is 6.08 Å². The first-order chi connectivity index (χ1) is 14.5. The number of carbonyl (C=O) groups is 2. The summed E-state index contributed by atoms with van der Waals surface area (Å²) >= 11 is 5.26. The highest BCUT2D eigenvalue weighted by molar-refractivity contribution is 7.80. The molecule has 0 aliphatic carbocycles. The molecule has 0 unspecified atom stereocenters. The van der Waals surface area contributed by atoms with Crippen LogP contribution in [0.2, 0.25) is 0 Å². The van der Waals surface area contributed by atoms with Crippen molar-refractivity contribution in [3.8, 4) is 5.75 Å². The van der Waals surface area contributed by atoms with Crippen molar-refractivity contribution in [2.24, 2.45) is 0 Å². The lowest BCUT2D eigenvalue weighted by molar-refractivity contribution is -0.122. The molecular weight excluding hydrogens is 398 g/mol. The van der Waals surface area contributed by atoms with Crippen LogP contribution >= 0.6 is 12.2 Å². The molecule has 2 aliphatic heterocycles. The lowest BCUT2D eigenvalue weighted by Gasteiger charge is -2.29. The standard InChI is InChI=1S/C23H23N3O3S/c1-15-13-18(25-11-3-4-12-25)6-5-16(15)14-20-21(27)24-23(30)26(22(20)28)17-7-9-19(29-2)10-8-17/h5-10,13-14H,3-4,11-12H2,1-2H3,(H,24,27,30)/b20-14+. The van der Waals surface area contributed by atoms with Crippen molar-refractivity contribution in [2.75, 3.05) is 30.0 Å². The van der Waals surface area contributed by atoms with E-state index in [1.807, 2.05) is 19.1 Å². The second-order valence-corrected chi connectivity index (χ2v) is 7.78. The molecule has 2 saturated heterocycles. The van der Waals surface area contributed by atoms with Crippen LogP contribution in [0.15, 0.2) is 48.0 Å². The number of aryl methyl sites for hydroxylation is 1. The molecule has 0 atom stereocenters. The van der Waals surface area contributed by atoms with Crippen molar-refractivity contribution in [1.29, 1.82) is 0 Å². The summed E-state index contributed by atoms with van der Waals surface area (Å²) in [4.78, 5) is 29.4. The van der Waals surface area contributed by atoms with Crippen LogP contribution in [0.1, 0.15) is 24.0 Å². The molecule has 2 amide bonds. The molecule has 7 heteroatoms. The lowest BCUT2D eigenvalue weighted by atomic mass is 10.0. The van der Waals surface area contributed by atoms with Crippen molar-refractivity contribution in [2.45, 2.75) is 19.8 Å². The molecule has 1 N–H and O–H groups in total. The van der Waals surface area contributed by atoms with E-state index in [9.17, 15) is 9.59 Å². The SMILES string of the molecule is COc1ccc(N2C(=O)/C(=C/c3ccc(N4CCCC4)cc3C)C(=O)NC2=S)cc1. The van der Waals surface area contributed by atoms with Gasteiger partial charge in [0.15, 0.2) is 5.11 Å². The molecular formula is C23H23N3O3S. The first kappa shape index (κ1) is 20.1. The van der Waals surface area contributed by atoms with Crippen LogP contribution in [-0.2, 0) is 9.59 Å². The van der Waals surface area contributed by atoms with Crippen molar-refractivity contribution < 1.29 is 14.3 Å². The minimum absolute atomic E-state index is 0.0523. The molecule has 2 aliphatic rings. The summed E-state index contributed by atoms with van der Waals surface area (Å²) in [5, 5.41) is 2.69. The third-order valence-electron chi connectivity index (χ3n) is 5.46. The maximum Gasteiger partial charge on any atom is 0.270 e. The largest absolute Gasteiger partial charge is 0.497 e. The predicted octanol–water partition coefficient (Wildman–Crippen LogP) is 3.44. The second kappa shape index (κ2) is 8.28. The molecule has 0 aromatic heterocycles. The van der Waals surface area contributed by atoms with Crippen LogP contribution in [0, 0.1) is 6.92 Å². The molecule has 6 nitrogen and oxygen atoms in total. The Morgan fingerprint density at radius 3 is 2.33 bits per heavy atom. The van der Waals surface area contributed by atoms with Crippen molar-refractivity contribution in [3.63, 3.8) is 0 Å². The van der Waals surface area contributed by atoms with Crippen LogP contribution in [0.3, 0.4) is 0 Å². The molecule has 0 radical (unpaired) electrons. The van der Waals surface area contributed by atoms with Gasteiger partial charge in [-0.2, -0.15) is 0 Å². The molecule has 2 aromatic carbocycles. The molecule has 30 heavy (non-hydrogen) atoms. The van der Waals surface area contributed by atoms with E-state index in [0.717, 1.165) is 24.2 Å². The van der Waals surface area contributed by atoms with E-state index in [2.05, 4.69) is 16.3 Å². The summed E-state index contributed by atoms with van der Waals surface area (Å²) in [6.07, 6.45) is 4.06. The number of hydrogen-bond donors (Lipinski definition) is 1. The van der Waals surface area contributed by atoms with Gasteiger partial charge < -0.3 is 9.64 Å². The van der Waals surface area contributed by atoms with E-state index in [4.69, 9.17) is 17.0 Å². The van der Waals surface area contributed by atoms with Crippen LogP contribution in [0.4, 0.5) is 11.4 Å². The number of amides is 2. The first-order valence-electron chi connectivity index (χ1n) is 9.89. The molecule has 0 spiro atoms. The third kappa shape index (κ3) is 3.80. The Morgan fingerprint density at radius 1 is 1.03 bits per heavy atom. The van der Waals surface area contributed by atoms with E-state index in [0.29, 0.717) is 11.4 Å². The quantitative estimate of drug-likeness (QED) is 0.466. The van der Waals surface area contributed by atoms with Gasteiger partial charge in [-0.3, -0.25) is 19.8 Å². The smallest absolute Gasteiger partial charge is 0.270 e. The van der Waals surface area contributed by atoms with E-state index in [-0.39, 0.29) is 10.7 Å². The summed E-state index contributed by atoms with van der Waals surface area (Å²) in [5.74, 6) is -0.266. The number of nitrogens with zero attached hydrogens (tertiary/aromatic N) is 2. The fourth-order valence-electron chi connectivity index (χ4n) is 3.77. The van der Waals surface area contributed by atoms with E-state index >= 15 is 0 Å². The molecule has 2 heterocycles. The zero-order valence-corrected chi connectivity index (χ0v) is 17.8. The predicted molar refractivity (Wildman–Crippen MR) is 122 cm³/mol. The maximum atomic E-state index is 13.2. The van der Waals surface area contributed by atoms with Gasteiger partial charge in [0.2, 0.25) is 0 Å². The topological polar surface area (TPSA) is 61.9 Å². The Morgan fingerprint density at radius 2 is 1.70 bits per heavy atom. The molecule has 4 rings (SSSR count). The van der Waals surface area contributed by atoms with E-state index in [1.54, 1.807) is 37.5 Å². The molecule has 154 valence electrons. The zero-order valence-electron chi connectivity index (χ0n) is 17.0. The van der Waals surface area contributed by atoms with Crippen LogP contribution in [0.5, 0.6) is 5.75 Å². The highest BCUT2D eigenvalue weighted by Crippen LogP contribution is 2.27. The summed E-state index contributed by atoms with van der Waals surface area (Å²) < 4.78 is 5.17. The van der Waals surface area contributed by atoms with Gasteiger partial charge in [0, 0.05) is 18.8 Å². The average molecular weight is 422 g/mol. The normalized spacial score (nSPS) is 18.2. The maximum absolute atomic E-state index is 13.2. The number of anilines is 2. The van der Waals surface area contributed by atoms with Gasteiger partial charge in [0.05, 0.1) is 12.8 Å². The van der Waals surface area contributed by atoms with Gasteiger partial charge in [-0.15, -0.1) is 0 Å². The molecule has 0 bridgehead atoms. The number of rotatable bonds is 4.